The minimum absolute atomic E-state index is 0.312. The fourth-order valence-corrected chi connectivity index (χ4v) is 2.90. The number of nitrogens with one attached hydrogen (secondary N) is 1. The monoisotopic (exact) mass is 389 g/mol. The zero-order chi connectivity index (χ0) is 20.6. The van der Waals surface area contributed by atoms with Gasteiger partial charge in [0, 0.05) is 17.9 Å². The second kappa shape index (κ2) is 9.50. The fraction of sp³-hybridized carbons (Fsp3) is 0.174. The zero-order valence-electron chi connectivity index (χ0n) is 16.5. The minimum atomic E-state index is -0.387. The molecule has 0 aliphatic carbocycles. The molecule has 0 radical (unpaired) electrons. The molecule has 3 rings (SSSR count). The molecule has 0 unspecified atom stereocenters. The molecule has 0 atom stereocenters. The number of para-hydroxylation sites is 1. The van der Waals surface area contributed by atoms with Gasteiger partial charge in [0.1, 0.15) is 5.69 Å². The molecule has 1 amide bonds. The van der Waals surface area contributed by atoms with Crippen LogP contribution in [0.25, 0.3) is 0 Å². The quantitative estimate of drug-likeness (QED) is 0.595. The summed E-state index contributed by atoms with van der Waals surface area (Å²) in [5, 5.41) is 2.78. The normalized spacial score (nSPS) is 10.3. The van der Waals surface area contributed by atoms with Crippen molar-refractivity contribution in [2.45, 2.75) is 13.8 Å². The molecule has 0 aliphatic rings. The third kappa shape index (κ3) is 4.99. The molecular formula is C23H23N3O3. The zero-order valence-corrected chi connectivity index (χ0v) is 16.5. The Morgan fingerprint density at radius 1 is 0.931 bits per heavy atom. The van der Waals surface area contributed by atoms with Crippen molar-refractivity contribution in [1.29, 1.82) is 0 Å². The number of carbonyl (C=O) groups is 2. The van der Waals surface area contributed by atoms with Crippen LogP contribution in [0, 0.1) is 0 Å². The molecule has 1 aromatic heterocycles. The lowest BCUT2D eigenvalue weighted by molar-refractivity contribution is 0.0526. The third-order valence-electron chi connectivity index (χ3n) is 4.33. The number of pyridine rings is 1. The van der Waals surface area contributed by atoms with Gasteiger partial charge in [-0.1, -0.05) is 18.2 Å². The average molecular weight is 389 g/mol. The van der Waals surface area contributed by atoms with Gasteiger partial charge in [0.2, 0.25) is 0 Å². The lowest BCUT2D eigenvalue weighted by Crippen LogP contribution is -2.18. The smallest absolute Gasteiger partial charge is 0.338 e. The molecule has 0 aliphatic heterocycles. The topological polar surface area (TPSA) is 71.5 Å². The number of hydrogen-bond acceptors (Lipinski definition) is 5. The average Bonchev–Trinajstić information content (AvgIpc) is 2.76. The van der Waals surface area contributed by atoms with Gasteiger partial charge in [-0.3, -0.25) is 4.79 Å². The van der Waals surface area contributed by atoms with Gasteiger partial charge in [0.15, 0.2) is 0 Å². The Bertz CT molecular complexity index is 955. The van der Waals surface area contributed by atoms with Crippen LogP contribution in [0.15, 0.2) is 72.9 Å². The Balaban J connectivity index is 1.68. The number of hydrogen-bond donors (Lipinski definition) is 1. The number of esters is 1. The van der Waals surface area contributed by atoms with Gasteiger partial charge in [0.25, 0.3) is 5.91 Å². The summed E-state index contributed by atoms with van der Waals surface area (Å²) in [6, 6.07) is 20.1. The van der Waals surface area contributed by atoms with E-state index in [1.807, 2.05) is 36.4 Å². The van der Waals surface area contributed by atoms with Crippen LogP contribution < -0.4 is 10.2 Å². The summed E-state index contributed by atoms with van der Waals surface area (Å²) < 4.78 is 4.95. The van der Waals surface area contributed by atoms with E-state index in [1.54, 1.807) is 43.5 Å². The standard InChI is InChI=1S/C23H23N3O3/c1-3-26(19-8-6-5-7-9-19)20-14-15-21(24-16-20)22(27)25-18-12-10-17(11-13-18)23(28)29-4-2/h5-16H,3-4H2,1-2H3,(H,25,27). The maximum absolute atomic E-state index is 12.5. The van der Waals surface area contributed by atoms with E-state index in [1.165, 1.54) is 0 Å². The highest BCUT2D eigenvalue weighted by Gasteiger charge is 2.12. The molecule has 3 aromatic rings. The maximum Gasteiger partial charge on any atom is 0.338 e. The van der Waals surface area contributed by atoms with Crippen molar-refractivity contribution >= 4 is 28.9 Å². The second-order valence-corrected chi connectivity index (χ2v) is 6.23. The molecule has 29 heavy (non-hydrogen) atoms. The van der Waals surface area contributed by atoms with Crippen LogP contribution in [0.4, 0.5) is 17.1 Å². The number of amides is 1. The molecule has 0 saturated carbocycles. The first-order valence-corrected chi connectivity index (χ1v) is 9.49. The van der Waals surface area contributed by atoms with Crippen molar-refractivity contribution in [3.8, 4) is 0 Å². The van der Waals surface area contributed by atoms with E-state index >= 15 is 0 Å². The van der Waals surface area contributed by atoms with Crippen molar-refractivity contribution < 1.29 is 14.3 Å². The lowest BCUT2D eigenvalue weighted by atomic mass is 10.2. The molecule has 0 fully saturated rings. The molecule has 148 valence electrons. The third-order valence-corrected chi connectivity index (χ3v) is 4.33. The largest absolute Gasteiger partial charge is 0.462 e. The first-order chi connectivity index (χ1) is 14.1. The maximum atomic E-state index is 12.5. The van der Waals surface area contributed by atoms with Crippen LogP contribution in [-0.4, -0.2) is 30.0 Å². The molecule has 0 bridgehead atoms. The minimum Gasteiger partial charge on any atom is -0.462 e. The van der Waals surface area contributed by atoms with Crippen LogP contribution in [0.1, 0.15) is 34.7 Å². The van der Waals surface area contributed by atoms with E-state index in [4.69, 9.17) is 4.74 Å². The van der Waals surface area contributed by atoms with Gasteiger partial charge in [-0.2, -0.15) is 0 Å². The van der Waals surface area contributed by atoms with E-state index in [0.29, 0.717) is 23.6 Å². The summed E-state index contributed by atoms with van der Waals surface area (Å²) in [5.74, 6) is -0.704. The van der Waals surface area contributed by atoms with Gasteiger partial charge in [-0.05, 0) is 62.4 Å². The van der Waals surface area contributed by atoms with E-state index in [-0.39, 0.29) is 11.9 Å². The summed E-state index contributed by atoms with van der Waals surface area (Å²) in [4.78, 5) is 30.6. The van der Waals surface area contributed by atoms with Crippen molar-refractivity contribution in [1.82, 2.24) is 4.98 Å². The molecular weight excluding hydrogens is 366 g/mol. The highest BCUT2D eigenvalue weighted by molar-refractivity contribution is 6.03. The Labute approximate surface area is 170 Å². The van der Waals surface area contributed by atoms with Crippen molar-refractivity contribution in [2.24, 2.45) is 0 Å². The Morgan fingerprint density at radius 3 is 2.24 bits per heavy atom. The first-order valence-electron chi connectivity index (χ1n) is 9.49. The summed E-state index contributed by atoms with van der Waals surface area (Å²) in [5.41, 5.74) is 3.30. The summed E-state index contributed by atoms with van der Waals surface area (Å²) in [7, 11) is 0. The van der Waals surface area contributed by atoms with Crippen molar-refractivity contribution in [3.05, 3.63) is 84.2 Å². The van der Waals surface area contributed by atoms with Gasteiger partial charge < -0.3 is 15.0 Å². The number of aromatic nitrogens is 1. The van der Waals surface area contributed by atoms with E-state index in [0.717, 1.165) is 17.9 Å². The SMILES string of the molecule is CCOC(=O)c1ccc(NC(=O)c2ccc(N(CC)c3ccccc3)cn2)cc1. The Kier molecular flexibility index (Phi) is 6.58. The number of nitrogens with zero attached hydrogens (tertiary/aromatic N) is 2. The van der Waals surface area contributed by atoms with Gasteiger partial charge in [-0.25, -0.2) is 9.78 Å². The van der Waals surface area contributed by atoms with Crippen molar-refractivity contribution in [2.75, 3.05) is 23.4 Å². The van der Waals surface area contributed by atoms with Crippen LogP contribution in [0.2, 0.25) is 0 Å². The lowest BCUT2D eigenvalue weighted by Gasteiger charge is -2.22. The number of carbonyl (C=O) groups excluding carboxylic acids is 2. The van der Waals surface area contributed by atoms with E-state index < -0.39 is 0 Å². The molecule has 2 aromatic carbocycles. The van der Waals surface area contributed by atoms with E-state index in [2.05, 4.69) is 22.1 Å². The Hall–Kier alpha value is -3.67. The predicted molar refractivity (Wildman–Crippen MR) is 114 cm³/mol. The van der Waals surface area contributed by atoms with Gasteiger partial charge >= 0.3 is 5.97 Å². The molecule has 6 heteroatoms. The van der Waals surface area contributed by atoms with Crippen LogP contribution >= 0.6 is 0 Å². The number of anilines is 3. The highest BCUT2D eigenvalue weighted by Crippen LogP contribution is 2.24. The molecule has 6 nitrogen and oxygen atoms in total. The van der Waals surface area contributed by atoms with Gasteiger partial charge in [-0.15, -0.1) is 0 Å². The Morgan fingerprint density at radius 2 is 1.66 bits per heavy atom. The summed E-state index contributed by atoms with van der Waals surface area (Å²) >= 11 is 0. The first kappa shape index (κ1) is 20.1. The fourth-order valence-electron chi connectivity index (χ4n) is 2.90. The van der Waals surface area contributed by atoms with Crippen LogP contribution in [-0.2, 0) is 4.74 Å². The summed E-state index contributed by atoms with van der Waals surface area (Å²) in [6.45, 7) is 4.92. The molecule has 0 saturated heterocycles. The molecule has 1 heterocycles. The predicted octanol–water partition coefficient (Wildman–Crippen LogP) is 4.67. The second-order valence-electron chi connectivity index (χ2n) is 6.23. The van der Waals surface area contributed by atoms with E-state index in [9.17, 15) is 9.59 Å². The van der Waals surface area contributed by atoms with Gasteiger partial charge in [0.05, 0.1) is 24.1 Å². The van der Waals surface area contributed by atoms with Crippen LogP contribution in [0.3, 0.4) is 0 Å². The van der Waals surface area contributed by atoms with Crippen molar-refractivity contribution in [3.63, 3.8) is 0 Å². The number of benzene rings is 2. The number of ether oxygens (including phenoxy) is 1. The summed E-state index contributed by atoms with van der Waals surface area (Å²) in [6.07, 6.45) is 1.69. The molecule has 0 spiro atoms. The molecule has 1 N–H and O–H groups in total. The number of rotatable bonds is 7. The highest BCUT2D eigenvalue weighted by atomic mass is 16.5. The van der Waals surface area contributed by atoms with Crippen LogP contribution in [0.5, 0.6) is 0 Å².